The summed E-state index contributed by atoms with van der Waals surface area (Å²) >= 11 is 0. The Morgan fingerprint density at radius 2 is 1.52 bits per heavy atom. The average molecular weight is 413 g/mol. The Hall–Kier alpha value is -2.60. The lowest BCUT2D eigenvalue weighted by atomic mass is 10.2. The minimum Gasteiger partial charge on any atom is -0.337 e. The van der Waals surface area contributed by atoms with Crippen molar-refractivity contribution in [2.45, 2.75) is 57.0 Å². The molecule has 0 unspecified atom stereocenters. The maximum atomic E-state index is 13.2. The van der Waals surface area contributed by atoms with Crippen molar-refractivity contribution in [1.29, 1.82) is 0 Å². The molecule has 0 fully saturated rings. The lowest BCUT2D eigenvalue weighted by Gasteiger charge is -2.31. The number of benzene rings is 2. The molecule has 2 aromatic carbocycles. The summed E-state index contributed by atoms with van der Waals surface area (Å²) in [5.74, 6) is -0.0948. The lowest BCUT2D eigenvalue weighted by Crippen LogP contribution is -2.43. The fourth-order valence-corrected chi connectivity index (χ4v) is 5.45. The minimum absolute atomic E-state index is 0.0252. The molecule has 0 atom stereocenters. The number of carbonyl (C=O) groups is 1. The molecule has 6 heteroatoms. The smallest absolute Gasteiger partial charge is 0.242 e. The molecule has 1 aromatic heterocycles. The predicted octanol–water partition coefficient (Wildman–Crippen LogP) is 4.26. The molecule has 5 nitrogen and oxygen atoms in total. The minimum atomic E-state index is -3.55. The third kappa shape index (κ3) is 4.53. The Kier molecular flexibility index (Phi) is 6.13. The molecule has 0 N–H and O–H groups in total. The number of sulfone groups is 1. The summed E-state index contributed by atoms with van der Waals surface area (Å²) in [6, 6.07) is 16.6. The normalized spacial score (nSPS) is 12.1. The summed E-state index contributed by atoms with van der Waals surface area (Å²) in [5.41, 5.74) is 1.49. The van der Waals surface area contributed by atoms with Gasteiger partial charge in [-0.25, -0.2) is 8.42 Å². The summed E-state index contributed by atoms with van der Waals surface area (Å²) in [7, 11) is -3.55. The van der Waals surface area contributed by atoms with Gasteiger partial charge in [-0.3, -0.25) is 4.79 Å². The van der Waals surface area contributed by atoms with E-state index in [1.807, 2.05) is 81.1 Å². The third-order valence-corrected chi connectivity index (χ3v) is 6.70. The molecule has 0 saturated heterocycles. The number of fused-ring (bicyclic) bond motifs is 1. The molecule has 0 aliphatic carbocycles. The van der Waals surface area contributed by atoms with E-state index < -0.39 is 9.84 Å². The quantitative estimate of drug-likeness (QED) is 0.583. The van der Waals surface area contributed by atoms with E-state index in [4.69, 9.17) is 0 Å². The van der Waals surface area contributed by atoms with Crippen LogP contribution >= 0.6 is 0 Å². The topological polar surface area (TPSA) is 59.4 Å². The van der Waals surface area contributed by atoms with Gasteiger partial charge in [0.05, 0.1) is 10.6 Å². The van der Waals surface area contributed by atoms with Gasteiger partial charge < -0.3 is 9.47 Å². The Bertz CT molecular complexity index is 1090. The van der Waals surface area contributed by atoms with Crippen molar-refractivity contribution in [1.82, 2.24) is 9.47 Å². The molecule has 0 bridgehead atoms. The van der Waals surface area contributed by atoms with Gasteiger partial charge in [0.25, 0.3) is 0 Å². The van der Waals surface area contributed by atoms with Crippen LogP contribution in [0, 0.1) is 0 Å². The maximum Gasteiger partial charge on any atom is 0.242 e. The number of carbonyl (C=O) groups excluding carboxylic acids is 1. The van der Waals surface area contributed by atoms with Gasteiger partial charge in [-0.05, 0) is 39.3 Å². The van der Waals surface area contributed by atoms with Crippen LogP contribution < -0.4 is 0 Å². The zero-order valence-corrected chi connectivity index (χ0v) is 18.2. The molecule has 0 radical (unpaired) electrons. The maximum absolute atomic E-state index is 13.2. The van der Waals surface area contributed by atoms with Gasteiger partial charge in [0.15, 0.2) is 9.84 Å². The monoisotopic (exact) mass is 412 g/mol. The number of amides is 1. The largest absolute Gasteiger partial charge is 0.337 e. The van der Waals surface area contributed by atoms with E-state index in [1.54, 1.807) is 16.8 Å². The summed E-state index contributed by atoms with van der Waals surface area (Å²) in [4.78, 5) is 15.0. The van der Waals surface area contributed by atoms with Crippen LogP contribution in [0.3, 0.4) is 0 Å². The van der Waals surface area contributed by atoms with Crippen LogP contribution in [0.15, 0.2) is 65.7 Å². The molecule has 154 valence electrons. The van der Waals surface area contributed by atoms with Gasteiger partial charge in [-0.2, -0.15) is 0 Å². The summed E-state index contributed by atoms with van der Waals surface area (Å²) in [6.45, 7) is 8.06. The first-order valence-corrected chi connectivity index (χ1v) is 11.5. The summed E-state index contributed by atoms with van der Waals surface area (Å²) < 4.78 is 28.1. The van der Waals surface area contributed by atoms with Crippen molar-refractivity contribution in [2.24, 2.45) is 0 Å². The second-order valence-corrected chi connectivity index (χ2v) is 9.83. The number of para-hydroxylation sites is 1. The van der Waals surface area contributed by atoms with Gasteiger partial charge in [0.1, 0.15) is 6.54 Å². The van der Waals surface area contributed by atoms with Gasteiger partial charge in [0.2, 0.25) is 5.91 Å². The molecular weight excluding hydrogens is 384 g/mol. The number of rotatable bonds is 7. The standard InChI is InChI=1S/C23H28N2O3S/c1-17(2)25(18(3)4)23(26)15-24-14-22(20-12-8-9-13-21(20)24)29(27,28)16-19-10-6-5-7-11-19/h5-14,17-18H,15-16H2,1-4H3. The lowest BCUT2D eigenvalue weighted by molar-refractivity contribution is -0.135. The van der Waals surface area contributed by atoms with Crippen LogP contribution in [0.25, 0.3) is 10.9 Å². The highest BCUT2D eigenvalue weighted by Crippen LogP contribution is 2.28. The van der Waals surface area contributed by atoms with E-state index in [2.05, 4.69) is 0 Å². The molecular formula is C23H28N2O3S. The van der Waals surface area contributed by atoms with Crippen LogP contribution in [-0.4, -0.2) is 35.9 Å². The van der Waals surface area contributed by atoms with Crippen molar-refractivity contribution in [3.63, 3.8) is 0 Å². The zero-order chi connectivity index (χ0) is 21.2. The molecule has 3 aromatic rings. The molecule has 3 rings (SSSR count). The molecule has 1 heterocycles. The zero-order valence-electron chi connectivity index (χ0n) is 17.4. The first-order chi connectivity index (χ1) is 13.7. The molecule has 0 saturated carbocycles. The fourth-order valence-electron chi connectivity index (χ4n) is 3.86. The van der Waals surface area contributed by atoms with Crippen molar-refractivity contribution in [2.75, 3.05) is 0 Å². The van der Waals surface area contributed by atoms with Crippen LogP contribution in [0.4, 0.5) is 0 Å². The molecule has 0 spiro atoms. The molecule has 0 aliphatic rings. The van der Waals surface area contributed by atoms with Crippen LogP contribution in [0.2, 0.25) is 0 Å². The van der Waals surface area contributed by atoms with E-state index in [-0.39, 0.29) is 35.2 Å². The second kappa shape index (κ2) is 8.41. The van der Waals surface area contributed by atoms with Crippen LogP contribution in [-0.2, 0) is 26.9 Å². The Morgan fingerprint density at radius 1 is 0.931 bits per heavy atom. The first-order valence-electron chi connectivity index (χ1n) is 9.86. The molecule has 29 heavy (non-hydrogen) atoms. The highest BCUT2D eigenvalue weighted by Gasteiger charge is 2.25. The van der Waals surface area contributed by atoms with E-state index in [0.717, 1.165) is 11.1 Å². The fraction of sp³-hybridized carbons (Fsp3) is 0.348. The van der Waals surface area contributed by atoms with E-state index in [0.29, 0.717) is 5.39 Å². The van der Waals surface area contributed by atoms with Gasteiger partial charge in [-0.15, -0.1) is 0 Å². The van der Waals surface area contributed by atoms with E-state index in [1.165, 1.54) is 0 Å². The van der Waals surface area contributed by atoms with Crippen LogP contribution in [0.5, 0.6) is 0 Å². The second-order valence-electron chi connectivity index (χ2n) is 7.87. The highest BCUT2D eigenvalue weighted by atomic mass is 32.2. The van der Waals surface area contributed by atoms with Crippen molar-refractivity contribution in [3.8, 4) is 0 Å². The summed E-state index contributed by atoms with van der Waals surface area (Å²) in [6.07, 6.45) is 1.61. The Morgan fingerprint density at radius 3 is 2.14 bits per heavy atom. The van der Waals surface area contributed by atoms with Crippen molar-refractivity contribution in [3.05, 3.63) is 66.4 Å². The van der Waals surface area contributed by atoms with E-state index >= 15 is 0 Å². The molecule has 1 amide bonds. The number of hydrogen-bond donors (Lipinski definition) is 0. The van der Waals surface area contributed by atoms with Gasteiger partial charge in [0, 0.05) is 29.2 Å². The predicted molar refractivity (Wildman–Crippen MR) is 116 cm³/mol. The highest BCUT2D eigenvalue weighted by molar-refractivity contribution is 7.90. The SMILES string of the molecule is CC(C)N(C(=O)Cn1cc(S(=O)(=O)Cc2ccccc2)c2ccccc21)C(C)C. The van der Waals surface area contributed by atoms with E-state index in [9.17, 15) is 13.2 Å². The number of nitrogens with zero attached hydrogens (tertiary/aromatic N) is 2. The van der Waals surface area contributed by atoms with Crippen LogP contribution in [0.1, 0.15) is 33.3 Å². The Labute approximate surface area is 172 Å². The Balaban J connectivity index is 2.00. The molecule has 0 aliphatic heterocycles. The van der Waals surface area contributed by atoms with Crippen molar-refractivity contribution < 1.29 is 13.2 Å². The van der Waals surface area contributed by atoms with Crippen molar-refractivity contribution >= 4 is 26.6 Å². The average Bonchev–Trinajstić information content (AvgIpc) is 3.01. The summed E-state index contributed by atoms with van der Waals surface area (Å²) in [5, 5.41) is 0.650. The number of aromatic nitrogens is 1. The van der Waals surface area contributed by atoms with Gasteiger partial charge >= 0.3 is 0 Å². The van der Waals surface area contributed by atoms with Gasteiger partial charge in [-0.1, -0.05) is 48.5 Å². The number of hydrogen-bond acceptors (Lipinski definition) is 3. The third-order valence-electron chi connectivity index (χ3n) is 4.99. The first kappa shape index (κ1) is 21.1.